The van der Waals surface area contributed by atoms with Crippen LogP contribution in [0.25, 0.3) is 0 Å². The van der Waals surface area contributed by atoms with Gasteiger partial charge in [-0.3, -0.25) is 0 Å². The molecule has 3 aromatic rings. The van der Waals surface area contributed by atoms with E-state index in [0.717, 1.165) is 16.7 Å². The first-order valence-corrected chi connectivity index (χ1v) is 10.6. The maximum atomic E-state index is 12.0. The molecule has 0 amide bonds. The summed E-state index contributed by atoms with van der Waals surface area (Å²) in [5.74, 6) is 0.609. The van der Waals surface area contributed by atoms with Crippen LogP contribution in [0, 0.1) is 0 Å². The summed E-state index contributed by atoms with van der Waals surface area (Å²) in [7, 11) is 0. The van der Waals surface area contributed by atoms with Crippen LogP contribution in [0.5, 0.6) is 0 Å². The molecular formula is C27H28O4. The Balaban J connectivity index is 1.81. The highest BCUT2D eigenvalue weighted by molar-refractivity contribution is 5.38. The number of hydrogen-bond acceptors (Lipinski definition) is 4. The van der Waals surface area contributed by atoms with Crippen LogP contribution in [0.15, 0.2) is 102 Å². The third-order valence-corrected chi connectivity index (χ3v) is 5.92. The fourth-order valence-electron chi connectivity index (χ4n) is 4.28. The van der Waals surface area contributed by atoms with Gasteiger partial charge in [0, 0.05) is 18.4 Å². The monoisotopic (exact) mass is 416 g/mol. The summed E-state index contributed by atoms with van der Waals surface area (Å²) < 4.78 is 6.09. The summed E-state index contributed by atoms with van der Waals surface area (Å²) >= 11 is 0. The van der Waals surface area contributed by atoms with Crippen LogP contribution in [-0.2, 0) is 24.0 Å². The normalized spacial score (nSPS) is 23.5. The fraction of sp³-hybridized carbons (Fsp3) is 0.259. The van der Waals surface area contributed by atoms with Gasteiger partial charge in [0.25, 0.3) is 0 Å². The molecule has 1 heterocycles. The van der Waals surface area contributed by atoms with E-state index in [1.165, 1.54) is 0 Å². The van der Waals surface area contributed by atoms with Crippen molar-refractivity contribution in [3.05, 3.63) is 119 Å². The molecule has 0 spiro atoms. The molecule has 0 saturated carbocycles. The molecule has 4 rings (SSSR count). The van der Waals surface area contributed by atoms with E-state index >= 15 is 0 Å². The average Bonchev–Trinajstić information content (AvgIpc) is 2.81. The molecule has 0 bridgehead atoms. The predicted molar refractivity (Wildman–Crippen MR) is 120 cm³/mol. The van der Waals surface area contributed by atoms with E-state index in [1.807, 2.05) is 91.0 Å². The number of aliphatic hydroxyl groups is 3. The topological polar surface area (TPSA) is 69.9 Å². The van der Waals surface area contributed by atoms with Gasteiger partial charge in [-0.25, -0.2) is 0 Å². The summed E-state index contributed by atoms with van der Waals surface area (Å²) in [5.41, 5.74) is 2.06. The standard InChI is InChI=1S/C27H28O4/c28-19-25-26(29)27(30,18-22-14-8-3-9-15-22)23(16-20-10-4-1-5-11-20)24(31-25)17-21-12-6-2-7-13-21/h1-15,25-26,28-30H,16-19H2/t25-,26+,27-/m1/s1. The first kappa shape index (κ1) is 21.3. The van der Waals surface area contributed by atoms with E-state index < -0.39 is 17.8 Å². The Hall–Kier alpha value is -2.92. The van der Waals surface area contributed by atoms with Gasteiger partial charge in [-0.1, -0.05) is 91.0 Å². The maximum absolute atomic E-state index is 12.0. The zero-order valence-electron chi connectivity index (χ0n) is 17.4. The molecule has 0 saturated heterocycles. The predicted octanol–water partition coefficient (Wildman–Crippen LogP) is 3.45. The van der Waals surface area contributed by atoms with Gasteiger partial charge >= 0.3 is 0 Å². The second-order valence-corrected chi connectivity index (χ2v) is 8.10. The molecule has 31 heavy (non-hydrogen) atoms. The Labute approximate surface area is 183 Å². The summed E-state index contributed by atoms with van der Waals surface area (Å²) in [4.78, 5) is 0. The lowest BCUT2D eigenvalue weighted by atomic mass is 9.75. The van der Waals surface area contributed by atoms with Crippen molar-refractivity contribution in [1.29, 1.82) is 0 Å². The SMILES string of the molecule is OC[C@H]1OC(Cc2ccccc2)=C(Cc2ccccc2)[C@](O)(Cc2ccccc2)[C@H]1O. The number of hydrogen-bond donors (Lipinski definition) is 3. The Morgan fingerprint density at radius 3 is 1.71 bits per heavy atom. The molecule has 3 N–H and O–H groups in total. The van der Waals surface area contributed by atoms with Gasteiger partial charge in [0.1, 0.15) is 17.5 Å². The van der Waals surface area contributed by atoms with Gasteiger partial charge in [0.15, 0.2) is 6.10 Å². The van der Waals surface area contributed by atoms with Crippen LogP contribution in [0.1, 0.15) is 16.7 Å². The van der Waals surface area contributed by atoms with E-state index in [4.69, 9.17) is 4.74 Å². The first-order chi connectivity index (χ1) is 15.1. The van der Waals surface area contributed by atoms with Crippen LogP contribution >= 0.6 is 0 Å². The Morgan fingerprint density at radius 2 is 1.19 bits per heavy atom. The largest absolute Gasteiger partial charge is 0.489 e. The Bertz CT molecular complexity index is 1000. The number of ether oxygens (including phenoxy) is 1. The quantitative estimate of drug-likeness (QED) is 0.552. The number of allylic oxidation sites excluding steroid dienone is 1. The number of rotatable bonds is 7. The van der Waals surface area contributed by atoms with Crippen molar-refractivity contribution >= 4 is 0 Å². The first-order valence-electron chi connectivity index (χ1n) is 10.6. The zero-order chi connectivity index (χ0) is 21.7. The molecule has 3 atom stereocenters. The molecule has 0 aliphatic carbocycles. The lowest BCUT2D eigenvalue weighted by Gasteiger charge is -2.44. The Kier molecular flexibility index (Phi) is 6.52. The molecule has 3 aromatic carbocycles. The van der Waals surface area contributed by atoms with Crippen molar-refractivity contribution in [2.45, 2.75) is 37.1 Å². The van der Waals surface area contributed by atoms with Crippen LogP contribution in [0.2, 0.25) is 0 Å². The van der Waals surface area contributed by atoms with Crippen molar-refractivity contribution in [2.24, 2.45) is 0 Å². The summed E-state index contributed by atoms with van der Waals surface area (Å²) in [6.07, 6.45) is -0.997. The van der Waals surface area contributed by atoms with E-state index in [2.05, 4.69) is 0 Å². The third-order valence-electron chi connectivity index (χ3n) is 5.92. The van der Waals surface area contributed by atoms with Gasteiger partial charge in [-0.15, -0.1) is 0 Å². The van der Waals surface area contributed by atoms with Crippen LogP contribution in [0.3, 0.4) is 0 Å². The summed E-state index contributed by atoms with van der Waals surface area (Å²) in [6, 6.07) is 29.4. The third kappa shape index (κ3) is 4.72. The Morgan fingerprint density at radius 1 is 0.710 bits per heavy atom. The van der Waals surface area contributed by atoms with Crippen LogP contribution < -0.4 is 0 Å². The van der Waals surface area contributed by atoms with Crippen molar-refractivity contribution in [3.8, 4) is 0 Å². The van der Waals surface area contributed by atoms with Crippen molar-refractivity contribution in [2.75, 3.05) is 6.61 Å². The second kappa shape index (κ2) is 9.48. The van der Waals surface area contributed by atoms with Crippen LogP contribution in [-0.4, -0.2) is 39.7 Å². The minimum Gasteiger partial charge on any atom is -0.489 e. The highest BCUT2D eigenvalue weighted by Crippen LogP contribution is 2.39. The molecule has 0 radical (unpaired) electrons. The molecule has 0 fully saturated rings. The molecule has 4 nitrogen and oxygen atoms in total. The number of benzene rings is 3. The molecular weight excluding hydrogens is 388 g/mol. The highest BCUT2D eigenvalue weighted by Gasteiger charge is 2.49. The lowest BCUT2D eigenvalue weighted by molar-refractivity contribution is -0.146. The second-order valence-electron chi connectivity index (χ2n) is 8.10. The molecule has 160 valence electrons. The molecule has 0 aromatic heterocycles. The number of aliphatic hydroxyl groups excluding tert-OH is 2. The minimum atomic E-state index is -1.56. The van der Waals surface area contributed by atoms with Gasteiger partial charge < -0.3 is 20.1 Å². The van der Waals surface area contributed by atoms with E-state index in [0.29, 0.717) is 24.2 Å². The van der Waals surface area contributed by atoms with Crippen LogP contribution in [0.4, 0.5) is 0 Å². The van der Waals surface area contributed by atoms with Gasteiger partial charge in [-0.2, -0.15) is 0 Å². The summed E-state index contributed by atoms with van der Waals surface area (Å²) in [6.45, 7) is -0.380. The van der Waals surface area contributed by atoms with Gasteiger partial charge in [0.2, 0.25) is 0 Å². The summed E-state index contributed by atoms with van der Waals surface area (Å²) in [5, 5.41) is 33.0. The van der Waals surface area contributed by atoms with E-state index in [9.17, 15) is 15.3 Å². The lowest BCUT2D eigenvalue weighted by Crippen LogP contribution is -2.57. The molecule has 1 aliphatic heterocycles. The van der Waals surface area contributed by atoms with E-state index in [1.54, 1.807) is 0 Å². The van der Waals surface area contributed by atoms with Crippen molar-refractivity contribution < 1.29 is 20.1 Å². The van der Waals surface area contributed by atoms with Crippen molar-refractivity contribution in [3.63, 3.8) is 0 Å². The van der Waals surface area contributed by atoms with Gasteiger partial charge in [0.05, 0.1) is 6.61 Å². The van der Waals surface area contributed by atoms with Gasteiger partial charge in [-0.05, 0) is 23.1 Å². The molecule has 4 heteroatoms. The molecule has 1 aliphatic rings. The zero-order valence-corrected chi connectivity index (χ0v) is 17.4. The maximum Gasteiger partial charge on any atom is 0.150 e. The molecule has 0 unspecified atom stereocenters. The average molecular weight is 417 g/mol. The minimum absolute atomic E-state index is 0.231. The van der Waals surface area contributed by atoms with E-state index in [-0.39, 0.29) is 13.0 Å². The fourth-order valence-corrected chi connectivity index (χ4v) is 4.28. The van der Waals surface area contributed by atoms with Crippen molar-refractivity contribution in [1.82, 2.24) is 0 Å². The smallest absolute Gasteiger partial charge is 0.150 e. The highest BCUT2D eigenvalue weighted by atomic mass is 16.5.